The van der Waals surface area contributed by atoms with Crippen molar-refractivity contribution in [2.45, 2.75) is 65.2 Å². The Kier molecular flexibility index (Phi) is 13.9. The van der Waals surface area contributed by atoms with Crippen LogP contribution in [0.1, 0.15) is 65.2 Å². The summed E-state index contributed by atoms with van der Waals surface area (Å²) in [6.45, 7) is 4.55. The van der Waals surface area contributed by atoms with E-state index in [0.717, 1.165) is 38.5 Å². The summed E-state index contributed by atoms with van der Waals surface area (Å²) in [6.07, 6.45) is 15.9. The maximum absolute atomic E-state index is 11.4. The second-order valence-corrected chi connectivity index (χ2v) is 6.14. The van der Waals surface area contributed by atoms with Gasteiger partial charge in [0.25, 0.3) is 0 Å². The molecule has 0 aromatic heterocycles. The summed E-state index contributed by atoms with van der Waals surface area (Å²) < 4.78 is 32.3. The van der Waals surface area contributed by atoms with Gasteiger partial charge in [0, 0.05) is 0 Å². The third-order valence-corrected chi connectivity index (χ3v) is 3.72. The number of rotatable bonds is 14. The van der Waals surface area contributed by atoms with Crippen LogP contribution >= 0.6 is 0 Å². The van der Waals surface area contributed by atoms with E-state index in [1.807, 2.05) is 12.2 Å². The summed E-state index contributed by atoms with van der Waals surface area (Å²) in [5.41, 5.74) is 0. The van der Waals surface area contributed by atoms with Crippen molar-refractivity contribution in [1.29, 1.82) is 0 Å². The monoisotopic (exact) mass is 318 g/mol. The molecule has 0 radical (unpaired) electrons. The van der Waals surface area contributed by atoms with E-state index >= 15 is 0 Å². The smallest absolute Gasteiger partial charge is 0.248 e. The van der Waals surface area contributed by atoms with Crippen LogP contribution in [-0.2, 0) is 18.8 Å². The molecule has 4 nitrogen and oxygen atoms in total. The van der Waals surface area contributed by atoms with Crippen LogP contribution in [0.25, 0.3) is 0 Å². The Hall–Kier alpha value is -0.650. The van der Waals surface area contributed by atoms with E-state index in [4.69, 9.17) is 8.37 Å². The van der Waals surface area contributed by atoms with Crippen LogP contribution in [0.15, 0.2) is 24.3 Å². The van der Waals surface area contributed by atoms with Crippen molar-refractivity contribution in [3.05, 3.63) is 24.3 Å². The average Bonchev–Trinajstić information content (AvgIpc) is 2.45. The fourth-order valence-electron chi connectivity index (χ4n) is 1.59. The topological polar surface area (TPSA) is 52.6 Å². The molecule has 0 heterocycles. The maximum Gasteiger partial charge on any atom is 0.399 e. The van der Waals surface area contributed by atoms with Crippen LogP contribution in [0, 0.1) is 0 Å². The van der Waals surface area contributed by atoms with Gasteiger partial charge in [0.1, 0.15) is 0 Å². The van der Waals surface area contributed by atoms with E-state index in [9.17, 15) is 8.42 Å². The zero-order valence-electron chi connectivity index (χ0n) is 13.4. The van der Waals surface area contributed by atoms with Crippen molar-refractivity contribution >= 4 is 10.4 Å². The molecular formula is C16H30O4S. The molecule has 0 aliphatic rings. The van der Waals surface area contributed by atoms with Gasteiger partial charge in [-0.3, -0.25) is 0 Å². The van der Waals surface area contributed by atoms with Crippen molar-refractivity contribution in [2.24, 2.45) is 0 Å². The van der Waals surface area contributed by atoms with E-state index in [1.165, 1.54) is 0 Å². The summed E-state index contributed by atoms with van der Waals surface area (Å²) in [6, 6.07) is 0. The largest absolute Gasteiger partial charge is 0.399 e. The first-order chi connectivity index (χ1) is 10.1. The van der Waals surface area contributed by atoms with Crippen LogP contribution in [0.3, 0.4) is 0 Å². The predicted octanol–water partition coefficient (Wildman–Crippen LogP) is 4.54. The minimum atomic E-state index is -3.84. The molecule has 0 unspecified atom stereocenters. The first kappa shape index (κ1) is 20.3. The molecule has 0 saturated carbocycles. The second-order valence-electron chi connectivity index (χ2n) is 4.86. The highest BCUT2D eigenvalue weighted by molar-refractivity contribution is 7.81. The number of hydrogen-bond donors (Lipinski definition) is 0. The first-order valence-electron chi connectivity index (χ1n) is 7.96. The summed E-state index contributed by atoms with van der Waals surface area (Å²) in [5, 5.41) is 0. The molecule has 124 valence electrons. The summed E-state index contributed by atoms with van der Waals surface area (Å²) in [7, 11) is -3.84. The van der Waals surface area contributed by atoms with E-state index in [-0.39, 0.29) is 13.2 Å². The summed E-state index contributed by atoms with van der Waals surface area (Å²) in [4.78, 5) is 0. The van der Waals surface area contributed by atoms with E-state index < -0.39 is 10.4 Å². The molecule has 0 fully saturated rings. The Labute approximate surface area is 130 Å². The molecule has 0 aromatic rings. The Bertz CT molecular complexity index is 342. The highest BCUT2D eigenvalue weighted by Crippen LogP contribution is 2.02. The third kappa shape index (κ3) is 15.6. The molecule has 0 bridgehead atoms. The Morgan fingerprint density at radius 1 is 0.714 bits per heavy atom. The standard InChI is InChI=1S/C16H30O4S/c1-3-5-7-9-11-13-15-19-21(17,18)20-16-14-12-10-8-6-4-2/h9-12H,3-8,13-16H2,1-2H3/b11-9-,12-10-. The average molecular weight is 318 g/mol. The van der Waals surface area contributed by atoms with E-state index in [1.54, 1.807) is 0 Å². The zero-order chi connectivity index (χ0) is 15.8. The van der Waals surface area contributed by atoms with Crippen molar-refractivity contribution in [1.82, 2.24) is 0 Å². The van der Waals surface area contributed by atoms with Crippen molar-refractivity contribution in [3.63, 3.8) is 0 Å². The molecule has 0 saturated heterocycles. The Balaban J connectivity index is 3.60. The van der Waals surface area contributed by atoms with Gasteiger partial charge in [-0.2, -0.15) is 8.42 Å². The molecule has 0 atom stereocenters. The van der Waals surface area contributed by atoms with E-state index in [2.05, 4.69) is 26.0 Å². The van der Waals surface area contributed by atoms with Crippen LogP contribution in [0.4, 0.5) is 0 Å². The third-order valence-electron chi connectivity index (χ3n) is 2.81. The van der Waals surface area contributed by atoms with Gasteiger partial charge >= 0.3 is 10.4 Å². The fourth-order valence-corrected chi connectivity index (χ4v) is 2.25. The molecule has 5 heteroatoms. The van der Waals surface area contributed by atoms with Crippen molar-refractivity contribution < 1.29 is 16.8 Å². The van der Waals surface area contributed by atoms with Gasteiger partial charge in [-0.15, -0.1) is 0 Å². The van der Waals surface area contributed by atoms with Gasteiger partial charge in [0.15, 0.2) is 0 Å². The molecule has 0 aliphatic carbocycles. The minimum Gasteiger partial charge on any atom is -0.248 e. The SMILES string of the molecule is CCCC/C=C\CCOS(=O)(=O)OCC/C=C\CCCC. The maximum atomic E-state index is 11.4. The molecule has 0 amide bonds. The van der Waals surface area contributed by atoms with Gasteiger partial charge < -0.3 is 0 Å². The van der Waals surface area contributed by atoms with Crippen LogP contribution in [-0.4, -0.2) is 21.6 Å². The lowest BCUT2D eigenvalue weighted by Crippen LogP contribution is -2.11. The van der Waals surface area contributed by atoms with Gasteiger partial charge in [0.05, 0.1) is 13.2 Å². The minimum absolute atomic E-state index is 0.136. The predicted molar refractivity (Wildman–Crippen MR) is 87.4 cm³/mol. The highest BCUT2D eigenvalue weighted by Gasteiger charge is 2.09. The zero-order valence-corrected chi connectivity index (χ0v) is 14.2. The lowest BCUT2D eigenvalue weighted by Gasteiger charge is -2.03. The van der Waals surface area contributed by atoms with Crippen LogP contribution in [0.5, 0.6) is 0 Å². The van der Waals surface area contributed by atoms with Crippen LogP contribution < -0.4 is 0 Å². The van der Waals surface area contributed by atoms with Gasteiger partial charge in [-0.1, -0.05) is 63.8 Å². The number of hydrogen-bond acceptors (Lipinski definition) is 4. The van der Waals surface area contributed by atoms with Crippen molar-refractivity contribution in [2.75, 3.05) is 13.2 Å². The summed E-state index contributed by atoms with van der Waals surface area (Å²) in [5.74, 6) is 0. The normalized spacial score (nSPS) is 12.7. The number of unbranched alkanes of at least 4 members (excludes halogenated alkanes) is 4. The number of allylic oxidation sites excluding steroid dienone is 2. The highest BCUT2D eigenvalue weighted by atomic mass is 32.3. The summed E-state index contributed by atoms with van der Waals surface area (Å²) >= 11 is 0. The molecule has 0 N–H and O–H groups in total. The first-order valence-corrected chi connectivity index (χ1v) is 9.29. The fraction of sp³-hybridized carbons (Fsp3) is 0.750. The molecule has 21 heavy (non-hydrogen) atoms. The lowest BCUT2D eigenvalue weighted by atomic mass is 10.2. The van der Waals surface area contributed by atoms with Gasteiger partial charge in [0.2, 0.25) is 0 Å². The quantitative estimate of drug-likeness (QED) is 0.348. The van der Waals surface area contributed by atoms with Crippen LogP contribution in [0.2, 0.25) is 0 Å². The molecule has 0 spiro atoms. The Morgan fingerprint density at radius 2 is 1.10 bits per heavy atom. The van der Waals surface area contributed by atoms with Gasteiger partial charge in [-0.05, 0) is 25.7 Å². The molecule has 0 aromatic carbocycles. The van der Waals surface area contributed by atoms with Crippen molar-refractivity contribution in [3.8, 4) is 0 Å². The van der Waals surface area contributed by atoms with E-state index in [0.29, 0.717) is 12.8 Å². The Morgan fingerprint density at radius 3 is 1.48 bits per heavy atom. The lowest BCUT2D eigenvalue weighted by molar-refractivity contribution is 0.220. The molecule has 0 rings (SSSR count). The molecular weight excluding hydrogens is 288 g/mol. The second kappa shape index (κ2) is 14.3. The van der Waals surface area contributed by atoms with Gasteiger partial charge in [-0.25, -0.2) is 8.37 Å². The molecule has 0 aliphatic heterocycles.